The van der Waals surface area contributed by atoms with Crippen molar-refractivity contribution in [2.75, 3.05) is 26.2 Å². The summed E-state index contributed by atoms with van der Waals surface area (Å²) in [5, 5.41) is 3.49. The largest absolute Gasteiger partial charge is 0.316 e. The molecule has 1 fully saturated rings. The summed E-state index contributed by atoms with van der Waals surface area (Å²) < 4.78 is 0. The zero-order chi connectivity index (χ0) is 11.8. The first-order valence-electron chi connectivity index (χ1n) is 6.58. The Morgan fingerprint density at radius 1 is 1.44 bits per heavy atom. The fourth-order valence-corrected chi connectivity index (χ4v) is 2.30. The molecule has 0 aromatic rings. The second-order valence-electron chi connectivity index (χ2n) is 4.98. The van der Waals surface area contributed by atoms with Gasteiger partial charge in [-0.15, -0.1) is 11.8 Å². The maximum Gasteiger partial charge on any atom is 0.0217 e. The smallest absolute Gasteiger partial charge is 0.0217 e. The van der Waals surface area contributed by atoms with Crippen LogP contribution in [0.5, 0.6) is 0 Å². The molecular weight excluding hydrogens is 196 g/mol. The summed E-state index contributed by atoms with van der Waals surface area (Å²) in [5.74, 6) is 6.98. The topological polar surface area (TPSA) is 15.3 Å². The number of rotatable bonds is 5. The number of nitrogens with one attached hydrogen (secondary N) is 1. The molecule has 0 aromatic carbocycles. The highest BCUT2D eigenvalue weighted by Crippen LogP contribution is 2.13. The molecule has 1 unspecified atom stereocenters. The Morgan fingerprint density at radius 2 is 2.25 bits per heavy atom. The van der Waals surface area contributed by atoms with Crippen molar-refractivity contribution in [3.05, 3.63) is 0 Å². The molecule has 1 rings (SSSR count). The molecule has 2 nitrogen and oxygen atoms in total. The van der Waals surface area contributed by atoms with E-state index in [1.807, 2.05) is 6.92 Å². The van der Waals surface area contributed by atoms with E-state index < -0.39 is 0 Å². The maximum absolute atomic E-state index is 3.49. The number of hydrogen-bond donors (Lipinski definition) is 1. The van der Waals surface area contributed by atoms with Crippen molar-refractivity contribution in [1.29, 1.82) is 0 Å². The van der Waals surface area contributed by atoms with Gasteiger partial charge in [-0.3, -0.25) is 4.90 Å². The molecular formula is C14H26N2. The van der Waals surface area contributed by atoms with E-state index in [2.05, 4.69) is 35.9 Å². The SMILES string of the molecule is CC#CCCN(CC1CCCNC1)C(C)C. The normalized spacial score (nSPS) is 20.9. The first-order valence-corrected chi connectivity index (χ1v) is 6.58. The Labute approximate surface area is 101 Å². The summed E-state index contributed by atoms with van der Waals surface area (Å²) in [7, 11) is 0. The monoisotopic (exact) mass is 222 g/mol. The van der Waals surface area contributed by atoms with Crippen molar-refractivity contribution in [3.63, 3.8) is 0 Å². The van der Waals surface area contributed by atoms with Crippen molar-refractivity contribution >= 4 is 0 Å². The van der Waals surface area contributed by atoms with Gasteiger partial charge in [-0.25, -0.2) is 0 Å². The highest BCUT2D eigenvalue weighted by atomic mass is 15.1. The molecule has 1 heterocycles. The summed E-state index contributed by atoms with van der Waals surface area (Å²) in [6.07, 6.45) is 3.73. The van der Waals surface area contributed by atoms with Crippen LogP contribution in [0.4, 0.5) is 0 Å². The molecule has 1 atom stereocenters. The first-order chi connectivity index (χ1) is 7.74. The molecule has 1 saturated heterocycles. The quantitative estimate of drug-likeness (QED) is 0.717. The van der Waals surface area contributed by atoms with Crippen LogP contribution in [0.2, 0.25) is 0 Å². The number of hydrogen-bond acceptors (Lipinski definition) is 2. The standard InChI is InChI=1S/C14H26N2/c1-4-5-6-10-16(13(2)3)12-14-8-7-9-15-11-14/h13-15H,6-12H2,1-3H3. The molecule has 0 saturated carbocycles. The van der Waals surface area contributed by atoms with Crippen LogP contribution in [0, 0.1) is 17.8 Å². The molecule has 0 radical (unpaired) electrons. The molecule has 0 amide bonds. The van der Waals surface area contributed by atoms with Crippen LogP contribution < -0.4 is 5.32 Å². The van der Waals surface area contributed by atoms with Crippen LogP contribution >= 0.6 is 0 Å². The van der Waals surface area contributed by atoms with Gasteiger partial charge in [0.2, 0.25) is 0 Å². The summed E-state index contributed by atoms with van der Waals surface area (Å²) in [5.41, 5.74) is 0. The van der Waals surface area contributed by atoms with E-state index in [0.717, 1.165) is 18.9 Å². The third-order valence-electron chi connectivity index (χ3n) is 3.32. The van der Waals surface area contributed by atoms with Gasteiger partial charge >= 0.3 is 0 Å². The Hall–Kier alpha value is -0.520. The fourth-order valence-electron chi connectivity index (χ4n) is 2.30. The fraction of sp³-hybridized carbons (Fsp3) is 0.857. The van der Waals surface area contributed by atoms with E-state index >= 15 is 0 Å². The van der Waals surface area contributed by atoms with Gasteiger partial charge in [0.1, 0.15) is 0 Å². The van der Waals surface area contributed by atoms with E-state index in [1.54, 1.807) is 0 Å². The maximum atomic E-state index is 3.49. The Kier molecular flexibility index (Phi) is 6.52. The predicted octanol–water partition coefficient (Wildman–Crippen LogP) is 2.11. The highest BCUT2D eigenvalue weighted by Gasteiger charge is 2.18. The lowest BCUT2D eigenvalue weighted by atomic mass is 9.98. The molecule has 0 aromatic heterocycles. The van der Waals surface area contributed by atoms with Crippen molar-refractivity contribution in [2.24, 2.45) is 5.92 Å². The van der Waals surface area contributed by atoms with Gasteiger partial charge in [-0.2, -0.15) is 0 Å². The Bertz CT molecular complexity index is 231. The third kappa shape index (κ3) is 5.01. The molecule has 0 spiro atoms. The minimum absolute atomic E-state index is 0.639. The molecule has 92 valence electrons. The number of nitrogens with zero attached hydrogens (tertiary/aromatic N) is 1. The van der Waals surface area contributed by atoms with Gasteiger partial charge in [0.25, 0.3) is 0 Å². The van der Waals surface area contributed by atoms with Gasteiger partial charge in [-0.05, 0) is 52.6 Å². The van der Waals surface area contributed by atoms with Crippen molar-refractivity contribution in [3.8, 4) is 11.8 Å². The zero-order valence-electron chi connectivity index (χ0n) is 11.1. The van der Waals surface area contributed by atoms with Crippen LogP contribution in [0.3, 0.4) is 0 Å². The summed E-state index contributed by atoms with van der Waals surface area (Å²) in [6, 6.07) is 0.639. The molecule has 1 aliphatic rings. The van der Waals surface area contributed by atoms with E-state index in [0.29, 0.717) is 6.04 Å². The first kappa shape index (κ1) is 13.5. The van der Waals surface area contributed by atoms with Gasteiger partial charge in [-0.1, -0.05) is 0 Å². The van der Waals surface area contributed by atoms with Crippen LogP contribution in [0.15, 0.2) is 0 Å². The predicted molar refractivity (Wildman–Crippen MR) is 70.4 cm³/mol. The highest BCUT2D eigenvalue weighted by molar-refractivity contribution is 4.95. The van der Waals surface area contributed by atoms with Crippen LogP contribution in [0.1, 0.15) is 40.0 Å². The van der Waals surface area contributed by atoms with Gasteiger partial charge in [0.15, 0.2) is 0 Å². The molecule has 0 bridgehead atoms. The Morgan fingerprint density at radius 3 is 2.81 bits per heavy atom. The Balaban J connectivity index is 2.33. The zero-order valence-corrected chi connectivity index (χ0v) is 11.1. The average molecular weight is 222 g/mol. The van der Waals surface area contributed by atoms with Crippen LogP contribution in [0.25, 0.3) is 0 Å². The number of piperidine rings is 1. The van der Waals surface area contributed by atoms with E-state index in [1.165, 1.54) is 32.5 Å². The molecule has 16 heavy (non-hydrogen) atoms. The molecule has 1 N–H and O–H groups in total. The van der Waals surface area contributed by atoms with Crippen molar-refractivity contribution in [2.45, 2.75) is 46.1 Å². The lowest BCUT2D eigenvalue weighted by molar-refractivity contribution is 0.175. The van der Waals surface area contributed by atoms with Crippen LogP contribution in [-0.2, 0) is 0 Å². The van der Waals surface area contributed by atoms with Gasteiger partial charge in [0, 0.05) is 25.6 Å². The molecule has 1 aliphatic heterocycles. The summed E-state index contributed by atoms with van der Waals surface area (Å²) >= 11 is 0. The van der Waals surface area contributed by atoms with Crippen LogP contribution in [-0.4, -0.2) is 37.1 Å². The minimum atomic E-state index is 0.639. The minimum Gasteiger partial charge on any atom is -0.316 e. The third-order valence-corrected chi connectivity index (χ3v) is 3.32. The van der Waals surface area contributed by atoms with Gasteiger partial charge in [0.05, 0.1) is 0 Å². The lowest BCUT2D eigenvalue weighted by Crippen LogP contribution is -2.41. The van der Waals surface area contributed by atoms with Crippen molar-refractivity contribution in [1.82, 2.24) is 10.2 Å². The van der Waals surface area contributed by atoms with E-state index in [4.69, 9.17) is 0 Å². The summed E-state index contributed by atoms with van der Waals surface area (Å²) in [6.45, 7) is 11.3. The molecule has 0 aliphatic carbocycles. The van der Waals surface area contributed by atoms with Crippen molar-refractivity contribution < 1.29 is 0 Å². The molecule has 2 heteroatoms. The second-order valence-corrected chi connectivity index (χ2v) is 4.98. The summed E-state index contributed by atoms with van der Waals surface area (Å²) in [4.78, 5) is 2.57. The van der Waals surface area contributed by atoms with E-state index in [9.17, 15) is 0 Å². The van der Waals surface area contributed by atoms with Gasteiger partial charge < -0.3 is 5.32 Å². The lowest BCUT2D eigenvalue weighted by Gasteiger charge is -2.32. The average Bonchev–Trinajstić information content (AvgIpc) is 2.29. The second kappa shape index (κ2) is 7.70. The van der Waals surface area contributed by atoms with E-state index in [-0.39, 0.29) is 0 Å².